The normalized spacial score (nSPS) is 15.6. The zero-order valence-corrected chi connectivity index (χ0v) is 24.8. The topological polar surface area (TPSA) is 9.23 Å². The van der Waals surface area contributed by atoms with Gasteiger partial charge in [-0.1, -0.05) is 41.5 Å². The van der Waals surface area contributed by atoms with Crippen LogP contribution in [-0.2, 0) is 4.12 Å². The fourth-order valence-electron chi connectivity index (χ4n) is 2.52. The number of hydrogen-bond acceptors (Lipinski definition) is 1. The highest BCUT2D eigenvalue weighted by atomic mass is 35.7. The van der Waals surface area contributed by atoms with Gasteiger partial charge >= 0.3 is 0 Å². The SMILES string of the molecule is CC(C)(C)[Si](Cl)(Cl)CC[Si](C)(C)O[Si](C)(C)CC[Si](Cl)(Cl)C(C)(C)C. The molecular weight excluding hydrogens is 462 g/mol. The Morgan fingerprint density at radius 1 is 0.560 bits per heavy atom. The molecule has 0 atom stereocenters. The lowest BCUT2D eigenvalue weighted by atomic mass is 10.2. The van der Waals surface area contributed by atoms with Crippen LogP contribution in [0.15, 0.2) is 0 Å². The molecule has 0 fully saturated rings. The molecule has 0 saturated carbocycles. The van der Waals surface area contributed by atoms with Crippen LogP contribution in [0.2, 0.25) is 60.4 Å². The van der Waals surface area contributed by atoms with E-state index in [0.29, 0.717) is 0 Å². The van der Waals surface area contributed by atoms with Gasteiger partial charge in [0, 0.05) is 0 Å². The van der Waals surface area contributed by atoms with E-state index < -0.39 is 30.0 Å². The summed E-state index contributed by atoms with van der Waals surface area (Å²) in [4.78, 5) is 0. The highest BCUT2D eigenvalue weighted by molar-refractivity contribution is 7.47. The van der Waals surface area contributed by atoms with Crippen LogP contribution in [-0.4, -0.2) is 30.0 Å². The molecule has 0 amide bonds. The van der Waals surface area contributed by atoms with Crippen LogP contribution in [0, 0.1) is 0 Å². The summed E-state index contributed by atoms with van der Waals surface area (Å²) in [5.74, 6) is 0. The quantitative estimate of drug-likeness (QED) is 0.239. The smallest absolute Gasteiger partial charge is 0.256 e. The molecular formula is C16H38Cl4OSi4. The molecule has 0 aromatic heterocycles. The van der Waals surface area contributed by atoms with Crippen molar-refractivity contribution < 1.29 is 4.12 Å². The molecule has 0 unspecified atom stereocenters. The molecule has 0 aliphatic rings. The highest BCUT2D eigenvalue weighted by Crippen LogP contribution is 2.48. The zero-order valence-electron chi connectivity index (χ0n) is 17.7. The minimum atomic E-state index is -2.28. The van der Waals surface area contributed by atoms with E-state index in [1.54, 1.807) is 0 Å². The van der Waals surface area contributed by atoms with Crippen molar-refractivity contribution in [3.05, 3.63) is 0 Å². The average molecular weight is 501 g/mol. The fourth-order valence-corrected chi connectivity index (χ4v) is 21.5. The molecule has 0 bridgehead atoms. The van der Waals surface area contributed by atoms with Crippen molar-refractivity contribution in [2.45, 2.75) is 102 Å². The predicted molar refractivity (Wildman–Crippen MR) is 130 cm³/mol. The third kappa shape index (κ3) is 9.35. The second-order valence-corrected chi connectivity index (χ2v) is 35.1. The van der Waals surface area contributed by atoms with Crippen molar-refractivity contribution in [3.8, 4) is 0 Å². The number of hydrogen-bond donors (Lipinski definition) is 0. The van der Waals surface area contributed by atoms with Gasteiger partial charge in [-0.05, 0) is 60.4 Å². The van der Waals surface area contributed by atoms with Crippen molar-refractivity contribution in [1.82, 2.24) is 0 Å². The average Bonchev–Trinajstić information content (AvgIpc) is 2.31. The number of halogens is 4. The third-order valence-corrected chi connectivity index (χ3v) is 28.4. The first-order valence-electron chi connectivity index (χ1n) is 9.08. The van der Waals surface area contributed by atoms with Crippen molar-refractivity contribution in [1.29, 1.82) is 0 Å². The molecule has 0 aliphatic heterocycles. The lowest BCUT2D eigenvalue weighted by Gasteiger charge is -2.39. The maximum atomic E-state index is 6.73. The van der Waals surface area contributed by atoms with Gasteiger partial charge in [-0.3, -0.25) is 0 Å². The molecule has 152 valence electrons. The summed E-state index contributed by atoms with van der Waals surface area (Å²) in [5.41, 5.74) is 0. The van der Waals surface area contributed by atoms with Crippen molar-refractivity contribution in [2.24, 2.45) is 0 Å². The predicted octanol–water partition coefficient (Wildman–Crippen LogP) is 8.85. The second-order valence-electron chi connectivity index (χ2n) is 10.5. The third-order valence-electron chi connectivity index (χ3n) is 4.83. The van der Waals surface area contributed by atoms with Gasteiger partial charge in [0.2, 0.25) is 0 Å². The van der Waals surface area contributed by atoms with E-state index in [1.165, 1.54) is 0 Å². The number of rotatable bonds is 8. The van der Waals surface area contributed by atoms with Crippen LogP contribution < -0.4 is 0 Å². The van der Waals surface area contributed by atoms with Crippen LogP contribution in [0.4, 0.5) is 0 Å². The van der Waals surface area contributed by atoms with Crippen molar-refractivity contribution >= 4 is 74.3 Å². The maximum absolute atomic E-state index is 6.73. The van der Waals surface area contributed by atoms with Crippen molar-refractivity contribution in [2.75, 3.05) is 0 Å². The van der Waals surface area contributed by atoms with E-state index in [4.69, 9.17) is 48.4 Å². The summed E-state index contributed by atoms with van der Waals surface area (Å²) in [6, 6.07) is 3.83. The molecule has 0 rings (SSSR count). The Labute approximate surface area is 179 Å². The highest BCUT2D eigenvalue weighted by Gasteiger charge is 2.46. The summed E-state index contributed by atoms with van der Waals surface area (Å²) in [6.07, 6.45) is 0. The fraction of sp³-hybridized carbons (Fsp3) is 1.00. The summed E-state index contributed by atoms with van der Waals surface area (Å²) in [5, 5.41) is -0.0224. The van der Waals surface area contributed by atoms with Gasteiger partial charge in [0.1, 0.15) is 0 Å². The van der Waals surface area contributed by atoms with E-state index in [2.05, 4.69) is 67.7 Å². The Bertz CT molecular complexity index is 400. The van der Waals surface area contributed by atoms with Crippen LogP contribution in [0.1, 0.15) is 41.5 Å². The lowest BCUT2D eigenvalue weighted by molar-refractivity contribution is 0.541. The molecule has 0 saturated heterocycles. The van der Waals surface area contributed by atoms with Gasteiger partial charge in [-0.15, -0.1) is 44.3 Å². The molecule has 0 radical (unpaired) electrons. The standard InChI is InChI=1S/C16H38Cl4OSi4/c1-15(2,3)24(17,18)13-11-22(7,8)21-23(9,10)12-14-25(19,20)16(4,5)6/h11-14H2,1-10H3. The molecule has 9 heteroatoms. The van der Waals surface area contributed by atoms with Crippen LogP contribution >= 0.6 is 44.3 Å². The molecule has 0 N–H and O–H groups in total. The van der Waals surface area contributed by atoms with E-state index >= 15 is 0 Å². The van der Waals surface area contributed by atoms with Gasteiger partial charge in [-0.25, -0.2) is 0 Å². The Morgan fingerprint density at radius 3 is 1.00 bits per heavy atom. The Hall–Kier alpha value is 1.99. The Morgan fingerprint density at radius 2 is 0.800 bits per heavy atom. The van der Waals surface area contributed by atoms with Gasteiger partial charge in [-0.2, -0.15) is 0 Å². The van der Waals surface area contributed by atoms with E-state index in [9.17, 15) is 0 Å². The largest absolute Gasteiger partial charge is 0.456 e. The van der Waals surface area contributed by atoms with Crippen LogP contribution in [0.25, 0.3) is 0 Å². The summed E-state index contributed by atoms with van der Waals surface area (Å²) in [7, 11) is -3.63. The summed E-state index contributed by atoms with van der Waals surface area (Å²) >= 11 is 26.9. The maximum Gasteiger partial charge on any atom is 0.256 e. The zero-order chi connectivity index (χ0) is 20.5. The van der Waals surface area contributed by atoms with Gasteiger partial charge in [0.25, 0.3) is 13.4 Å². The molecule has 0 aliphatic carbocycles. The van der Waals surface area contributed by atoms with Gasteiger partial charge in [0.15, 0.2) is 16.6 Å². The minimum absolute atomic E-state index is 0.0112. The second kappa shape index (κ2) is 8.78. The molecule has 1 nitrogen and oxygen atoms in total. The summed E-state index contributed by atoms with van der Waals surface area (Å²) < 4.78 is 6.73. The molecule has 0 aromatic carbocycles. The molecule has 0 spiro atoms. The van der Waals surface area contributed by atoms with E-state index in [1.807, 2.05) is 0 Å². The first kappa shape index (κ1) is 27.0. The minimum Gasteiger partial charge on any atom is -0.456 e. The van der Waals surface area contributed by atoms with Gasteiger partial charge < -0.3 is 4.12 Å². The van der Waals surface area contributed by atoms with E-state index in [-0.39, 0.29) is 10.1 Å². The first-order valence-corrected chi connectivity index (χ1v) is 23.8. The Balaban J connectivity index is 4.82. The van der Waals surface area contributed by atoms with Gasteiger partial charge in [0.05, 0.1) is 0 Å². The van der Waals surface area contributed by atoms with Crippen LogP contribution in [0.3, 0.4) is 0 Å². The van der Waals surface area contributed by atoms with Crippen LogP contribution in [0.5, 0.6) is 0 Å². The van der Waals surface area contributed by atoms with Crippen molar-refractivity contribution in [3.63, 3.8) is 0 Å². The molecule has 0 aromatic rings. The molecule has 25 heavy (non-hydrogen) atoms. The Kier molecular flexibility index (Phi) is 9.48. The lowest BCUT2D eigenvalue weighted by Crippen LogP contribution is -2.46. The molecule has 0 heterocycles. The monoisotopic (exact) mass is 498 g/mol. The summed E-state index contributed by atoms with van der Waals surface area (Å²) in [6.45, 7) is 17.5. The first-order chi connectivity index (χ1) is 10.6. The van der Waals surface area contributed by atoms with E-state index in [0.717, 1.165) is 24.2 Å².